The fourth-order valence-electron chi connectivity index (χ4n) is 1.44. The number of aromatic nitrogens is 1. The first-order chi connectivity index (χ1) is 8.78. The van der Waals surface area contributed by atoms with Crippen LogP contribution in [0.5, 0.6) is 11.8 Å². The summed E-state index contributed by atoms with van der Waals surface area (Å²) in [6.45, 7) is 7.49. The second kappa shape index (κ2) is 6.61. The van der Waals surface area contributed by atoms with Crippen LogP contribution in [0.25, 0.3) is 0 Å². The number of nitrogen functional groups attached to an aromatic ring is 1. The molecule has 0 aliphatic carbocycles. The van der Waals surface area contributed by atoms with Crippen LogP contribution < -0.4 is 15.2 Å². The normalized spacial score (nSPS) is 11.7. The molecule has 0 saturated carbocycles. The first-order valence-corrected chi connectivity index (χ1v) is 6.51. The number of hydrogen-bond acceptors (Lipinski definition) is 5. The van der Waals surface area contributed by atoms with E-state index in [1.54, 1.807) is 12.1 Å². The Labute approximate surface area is 115 Å². The van der Waals surface area contributed by atoms with E-state index in [1.165, 1.54) is 0 Å². The zero-order chi connectivity index (χ0) is 14.5. The molecular weight excluding hydrogens is 242 g/mol. The zero-order valence-corrected chi connectivity index (χ0v) is 12.6. The summed E-state index contributed by atoms with van der Waals surface area (Å²) in [6.07, 6.45) is 0.953. The van der Waals surface area contributed by atoms with Crippen molar-refractivity contribution in [1.82, 2.24) is 9.88 Å². The van der Waals surface area contributed by atoms with Gasteiger partial charge in [0.25, 0.3) is 0 Å². The van der Waals surface area contributed by atoms with Gasteiger partial charge < -0.3 is 20.1 Å². The lowest BCUT2D eigenvalue weighted by Crippen LogP contribution is -2.24. The summed E-state index contributed by atoms with van der Waals surface area (Å²) in [7, 11) is 4.08. The quantitative estimate of drug-likeness (QED) is 0.800. The van der Waals surface area contributed by atoms with E-state index in [1.807, 2.05) is 34.9 Å². The molecule has 0 amide bonds. The van der Waals surface area contributed by atoms with Gasteiger partial charge in [0.1, 0.15) is 5.60 Å². The van der Waals surface area contributed by atoms with Crippen molar-refractivity contribution in [1.29, 1.82) is 0 Å². The van der Waals surface area contributed by atoms with Crippen molar-refractivity contribution in [2.24, 2.45) is 0 Å². The summed E-state index contributed by atoms with van der Waals surface area (Å²) in [6, 6.07) is 3.52. The van der Waals surface area contributed by atoms with Gasteiger partial charge >= 0.3 is 0 Å². The fraction of sp³-hybridized carbons (Fsp3) is 0.643. The van der Waals surface area contributed by atoms with Gasteiger partial charge in [-0.2, -0.15) is 4.98 Å². The van der Waals surface area contributed by atoms with Crippen LogP contribution in [0.4, 0.5) is 5.69 Å². The van der Waals surface area contributed by atoms with Gasteiger partial charge in [0.05, 0.1) is 12.3 Å². The van der Waals surface area contributed by atoms with Crippen LogP contribution in [0.1, 0.15) is 27.2 Å². The lowest BCUT2D eigenvalue weighted by atomic mass is 10.2. The first kappa shape index (κ1) is 15.6. The van der Waals surface area contributed by atoms with Gasteiger partial charge in [-0.25, -0.2) is 0 Å². The Morgan fingerprint density at radius 3 is 2.53 bits per heavy atom. The Kier molecular flexibility index (Phi) is 5.42. The van der Waals surface area contributed by atoms with Gasteiger partial charge in [-0.15, -0.1) is 0 Å². The van der Waals surface area contributed by atoms with Gasteiger partial charge in [0.2, 0.25) is 11.8 Å². The van der Waals surface area contributed by atoms with Crippen molar-refractivity contribution in [3.05, 3.63) is 12.1 Å². The van der Waals surface area contributed by atoms with Gasteiger partial charge in [-0.05, 0) is 47.4 Å². The van der Waals surface area contributed by atoms with Crippen molar-refractivity contribution < 1.29 is 9.47 Å². The van der Waals surface area contributed by atoms with Gasteiger partial charge in [0, 0.05) is 12.6 Å². The van der Waals surface area contributed by atoms with Crippen LogP contribution in [-0.4, -0.2) is 42.7 Å². The SMILES string of the molecule is CN(C)CCCOc1ccc(N)c(OC(C)(C)C)n1. The van der Waals surface area contributed by atoms with Crippen LogP contribution in [-0.2, 0) is 0 Å². The minimum atomic E-state index is -0.329. The Morgan fingerprint density at radius 1 is 1.26 bits per heavy atom. The molecule has 2 N–H and O–H groups in total. The number of nitrogens with zero attached hydrogens (tertiary/aromatic N) is 2. The monoisotopic (exact) mass is 267 g/mol. The van der Waals surface area contributed by atoms with Crippen molar-refractivity contribution in [3.63, 3.8) is 0 Å². The average molecular weight is 267 g/mol. The molecule has 1 heterocycles. The molecule has 5 heteroatoms. The summed E-state index contributed by atoms with van der Waals surface area (Å²) in [4.78, 5) is 6.41. The van der Waals surface area contributed by atoms with E-state index >= 15 is 0 Å². The van der Waals surface area contributed by atoms with Crippen LogP contribution in [0.3, 0.4) is 0 Å². The van der Waals surface area contributed by atoms with E-state index in [-0.39, 0.29) is 5.60 Å². The van der Waals surface area contributed by atoms with E-state index in [9.17, 15) is 0 Å². The molecule has 0 fully saturated rings. The highest BCUT2D eigenvalue weighted by molar-refractivity contribution is 5.49. The molecule has 0 unspecified atom stereocenters. The predicted octanol–water partition coefficient (Wildman–Crippen LogP) is 2.17. The molecule has 0 bridgehead atoms. The maximum Gasteiger partial charge on any atom is 0.241 e. The summed E-state index contributed by atoms with van der Waals surface area (Å²) in [5, 5.41) is 0. The van der Waals surface area contributed by atoms with E-state index in [2.05, 4.69) is 9.88 Å². The maximum absolute atomic E-state index is 5.84. The summed E-state index contributed by atoms with van der Waals surface area (Å²) >= 11 is 0. The molecule has 1 rings (SSSR count). The predicted molar refractivity (Wildman–Crippen MR) is 77.7 cm³/mol. The molecule has 1 aromatic heterocycles. The molecule has 0 atom stereocenters. The van der Waals surface area contributed by atoms with E-state index < -0.39 is 0 Å². The molecule has 0 radical (unpaired) electrons. The highest BCUT2D eigenvalue weighted by Crippen LogP contribution is 2.25. The van der Waals surface area contributed by atoms with E-state index in [4.69, 9.17) is 15.2 Å². The fourth-order valence-corrected chi connectivity index (χ4v) is 1.44. The smallest absolute Gasteiger partial charge is 0.241 e. The number of nitrogens with two attached hydrogens (primary N) is 1. The lowest BCUT2D eigenvalue weighted by Gasteiger charge is -2.21. The standard InChI is InChI=1S/C14H25N3O2/c1-14(2,3)19-13-11(15)7-8-12(16-13)18-10-6-9-17(4)5/h7-8H,6,9-10,15H2,1-5H3. The van der Waals surface area contributed by atoms with Crippen molar-refractivity contribution in [2.45, 2.75) is 32.8 Å². The summed E-state index contributed by atoms with van der Waals surface area (Å²) in [5.74, 6) is 0.977. The molecule has 0 aliphatic heterocycles. The molecular formula is C14H25N3O2. The van der Waals surface area contributed by atoms with Gasteiger partial charge in [-0.1, -0.05) is 0 Å². The number of hydrogen-bond donors (Lipinski definition) is 1. The number of anilines is 1. The number of pyridine rings is 1. The zero-order valence-electron chi connectivity index (χ0n) is 12.6. The molecule has 0 spiro atoms. The topological polar surface area (TPSA) is 60.6 Å². The first-order valence-electron chi connectivity index (χ1n) is 6.51. The Hall–Kier alpha value is -1.49. The van der Waals surface area contributed by atoms with Crippen LogP contribution >= 0.6 is 0 Å². The van der Waals surface area contributed by atoms with Gasteiger partial charge in [0.15, 0.2) is 0 Å². The van der Waals surface area contributed by atoms with Crippen LogP contribution in [0, 0.1) is 0 Å². The minimum absolute atomic E-state index is 0.329. The highest BCUT2D eigenvalue weighted by atomic mass is 16.5. The van der Waals surface area contributed by atoms with Crippen molar-refractivity contribution in [2.75, 3.05) is 33.0 Å². The number of rotatable bonds is 6. The molecule has 108 valence electrons. The molecule has 19 heavy (non-hydrogen) atoms. The van der Waals surface area contributed by atoms with E-state index in [0.717, 1.165) is 13.0 Å². The van der Waals surface area contributed by atoms with Crippen molar-refractivity contribution >= 4 is 5.69 Å². The second-order valence-corrected chi connectivity index (χ2v) is 5.76. The van der Waals surface area contributed by atoms with Crippen molar-refractivity contribution in [3.8, 4) is 11.8 Å². The van der Waals surface area contributed by atoms with Gasteiger partial charge in [-0.3, -0.25) is 0 Å². The largest absolute Gasteiger partial charge is 0.478 e. The second-order valence-electron chi connectivity index (χ2n) is 5.76. The summed E-state index contributed by atoms with van der Waals surface area (Å²) < 4.78 is 11.3. The lowest BCUT2D eigenvalue weighted by molar-refractivity contribution is 0.123. The minimum Gasteiger partial charge on any atom is -0.478 e. The third-order valence-corrected chi connectivity index (χ3v) is 2.27. The molecule has 0 saturated heterocycles. The Morgan fingerprint density at radius 2 is 1.95 bits per heavy atom. The molecule has 0 aromatic carbocycles. The van der Waals surface area contributed by atoms with E-state index in [0.29, 0.717) is 24.1 Å². The van der Waals surface area contributed by atoms with Crippen LogP contribution in [0.15, 0.2) is 12.1 Å². The molecule has 0 aliphatic rings. The highest BCUT2D eigenvalue weighted by Gasteiger charge is 2.15. The third kappa shape index (κ3) is 6.29. The van der Waals surface area contributed by atoms with Crippen LogP contribution in [0.2, 0.25) is 0 Å². The molecule has 5 nitrogen and oxygen atoms in total. The average Bonchev–Trinajstić information content (AvgIpc) is 2.26. The maximum atomic E-state index is 5.84. The summed E-state index contributed by atoms with van der Waals surface area (Å²) in [5.41, 5.74) is 6.04. The molecule has 1 aromatic rings. The Bertz CT molecular complexity index is 400. The Balaban J connectivity index is 2.58. The number of ether oxygens (including phenoxy) is 2. The third-order valence-electron chi connectivity index (χ3n) is 2.27.